The Bertz CT molecular complexity index is 1590. The van der Waals surface area contributed by atoms with Crippen LogP contribution in [0.25, 0.3) is 0 Å². The maximum absolute atomic E-state index is 11.6. The molecule has 5 saturated heterocycles. The molecule has 0 radical (unpaired) electrons. The minimum atomic E-state index is -1.83. The Labute approximate surface area is 359 Å². The highest BCUT2D eigenvalue weighted by atomic mass is 16.8. The standard InChI is InChI=1S/C45H73NO15/c1-19-6-9-27-20(2)31-28(46(27)16-19)15-26-24-8-7-22-14-23(10-12-44(22,4)25(24)11-13-45(26,31)5)57-43-40(61-41-37(54)35(52)32(49)21(3)56-41)39(34(51)30(18-48)59-43)60-42-38(55)36(53)33(50)29(17-47)58-42/h7,19-21,23-43,47-55H,6,8-18H2,1-5H3/t19-,20+,21-,23-,24-,25+,26+,27+,28+,29-,30+,31-,32+,33+,34+,35+,36-,37-,38+,39-,40+,41-,42+,43+,44+,45-/m0/s1. The molecule has 0 aromatic heterocycles. The lowest BCUT2D eigenvalue weighted by Gasteiger charge is -2.58. The lowest BCUT2D eigenvalue weighted by molar-refractivity contribution is -0.394. The number of nitrogens with zero attached hydrogens (tertiary/aromatic N) is 1. The van der Waals surface area contributed by atoms with Gasteiger partial charge in [0.2, 0.25) is 0 Å². The van der Waals surface area contributed by atoms with Crippen LogP contribution in [0.2, 0.25) is 0 Å². The first kappa shape index (κ1) is 45.3. The first-order chi connectivity index (χ1) is 29.0. The fourth-order valence-corrected chi connectivity index (χ4v) is 14.7. The van der Waals surface area contributed by atoms with Gasteiger partial charge in [0, 0.05) is 18.6 Å². The molecule has 9 aliphatic rings. The van der Waals surface area contributed by atoms with E-state index in [9.17, 15) is 46.0 Å². The minimum Gasteiger partial charge on any atom is -0.394 e. The van der Waals surface area contributed by atoms with E-state index in [0.717, 1.165) is 36.6 Å². The smallest absolute Gasteiger partial charge is 0.187 e. The Morgan fingerprint density at radius 1 is 0.672 bits per heavy atom. The molecule has 0 unspecified atom stereocenters. The van der Waals surface area contributed by atoms with Gasteiger partial charge in [-0.25, -0.2) is 0 Å². The zero-order valence-corrected chi connectivity index (χ0v) is 36.3. The van der Waals surface area contributed by atoms with Crippen molar-refractivity contribution in [3.8, 4) is 0 Å². The van der Waals surface area contributed by atoms with E-state index in [1.165, 1.54) is 51.1 Å². The van der Waals surface area contributed by atoms with Crippen LogP contribution in [0.3, 0.4) is 0 Å². The van der Waals surface area contributed by atoms with Crippen LogP contribution in [-0.4, -0.2) is 181 Å². The third kappa shape index (κ3) is 7.42. The van der Waals surface area contributed by atoms with Crippen LogP contribution in [0.1, 0.15) is 92.4 Å². The van der Waals surface area contributed by atoms with Gasteiger partial charge in [0.1, 0.15) is 67.1 Å². The molecule has 61 heavy (non-hydrogen) atoms. The molecule has 16 heteroatoms. The van der Waals surface area contributed by atoms with Crippen molar-refractivity contribution in [2.24, 2.45) is 46.3 Å². The van der Waals surface area contributed by atoms with Crippen molar-refractivity contribution in [3.05, 3.63) is 11.6 Å². The molecule has 3 saturated carbocycles. The van der Waals surface area contributed by atoms with Crippen LogP contribution in [0.4, 0.5) is 0 Å². The summed E-state index contributed by atoms with van der Waals surface area (Å²) in [5.74, 6) is 4.15. The highest BCUT2D eigenvalue weighted by molar-refractivity contribution is 5.27. The summed E-state index contributed by atoms with van der Waals surface area (Å²) in [5, 5.41) is 95.8. The topological polar surface area (TPSA) is 241 Å². The monoisotopic (exact) mass is 867 g/mol. The van der Waals surface area contributed by atoms with E-state index in [1.807, 2.05) is 0 Å². The Balaban J connectivity index is 0.952. The van der Waals surface area contributed by atoms with Gasteiger partial charge in [0.25, 0.3) is 0 Å². The number of aliphatic hydroxyl groups is 9. The van der Waals surface area contributed by atoms with Crippen molar-refractivity contribution >= 4 is 0 Å². The summed E-state index contributed by atoms with van der Waals surface area (Å²) < 4.78 is 36.8. The molecule has 0 aromatic rings. The molecule has 4 aliphatic carbocycles. The van der Waals surface area contributed by atoms with E-state index in [1.54, 1.807) is 0 Å². The van der Waals surface area contributed by atoms with Crippen LogP contribution in [0, 0.1) is 46.3 Å². The predicted molar refractivity (Wildman–Crippen MR) is 215 cm³/mol. The second-order valence-electron chi connectivity index (χ2n) is 21.2. The Hall–Kier alpha value is -0.900. The number of rotatable bonds is 8. The highest BCUT2D eigenvalue weighted by Crippen LogP contribution is 2.70. The zero-order valence-electron chi connectivity index (χ0n) is 36.3. The predicted octanol–water partition coefficient (Wildman–Crippen LogP) is 0.155. The van der Waals surface area contributed by atoms with Gasteiger partial charge in [0.15, 0.2) is 18.9 Å². The number of aliphatic hydroxyl groups excluding tert-OH is 9. The summed E-state index contributed by atoms with van der Waals surface area (Å²) in [7, 11) is 0. The van der Waals surface area contributed by atoms with Crippen molar-refractivity contribution < 1.29 is 74.4 Å². The third-order valence-corrected chi connectivity index (χ3v) is 18.0. The Kier molecular flexibility index (Phi) is 12.7. The molecule has 9 rings (SSSR count). The molecular weight excluding hydrogens is 794 g/mol. The second-order valence-corrected chi connectivity index (χ2v) is 21.2. The average molecular weight is 868 g/mol. The number of piperidine rings is 1. The Morgan fingerprint density at radius 3 is 2.05 bits per heavy atom. The van der Waals surface area contributed by atoms with Gasteiger partial charge in [-0.05, 0) is 111 Å². The molecular formula is C45H73NO15. The van der Waals surface area contributed by atoms with E-state index in [0.29, 0.717) is 42.1 Å². The van der Waals surface area contributed by atoms with E-state index in [4.69, 9.17) is 28.4 Å². The van der Waals surface area contributed by atoms with Gasteiger partial charge in [-0.15, -0.1) is 0 Å². The maximum atomic E-state index is 11.6. The van der Waals surface area contributed by atoms with E-state index >= 15 is 0 Å². The maximum Gasteiger partial charge on any atom is 0.187 e. The number of hydrogen-bond donors (Lipinski definition) is 9. The summed E-state index contributed by atoms with van der Waals surface area (Å²) >= 11 is 0. The Morgan fingerprint density at radius 2 is 1.33 bits per heavy atom. The fourth-order valence-electron chi connectivity index (χ4n) is 14.7. The number of hydrogen-bond acceptors (Lipinski definition) is 16. The average Bonchev–Trinajstić information content (AvgIpc) is 3.71. The van der Waals surface area contributed by atoms with Crippen LogP contribution in [-0.2, 0) is 28.4 Å². The van der Waals surface area contributed by atoms with Gasteiger partial charge in [0.05, 0.1) is 25.4 Å². The van der Waals surface area contributed by atoms with Crippen LogP contribution in [0.15, 0.2) is 11.6 Å². The number of allylic oxidation sites excluding steroid dienone is 1. The van der Waals surface area contributed by atoms with Gasteiger partial charge >= 0.3 is 0 Å². The molecule has 9 N–H and O–H groups in total. The molecule has 5 aliphatic heterocycles. The van der Waals surface area contributed by atoms with Crippen molar-refractivity contribution in [1.82, 2.24) is 4.90 Å². The molecule has 8 fully saturated rings. The first-order valence-corrected chi connectivity index (χ1v) is 23.4. The lowest BCUT2D eigenvalue weighted by Crippen LogP contribution is -2.67. The summed E-state index contributed by atoms with van der Waals surface area (Å²) in [6.07, 6.45) is -11.1. The molecule has 26 atom stereocenters. The van der Waals surface area contributed by atoms with Crippen molar-refractivity contribution in [2.45, 2.75) is 203 Å². The van der Waals surface area contributed by atoms with Gasteiger partial charge in [-0.3, -0.25) is 4.90 Å². The fraction of sp³-hybridized carbons (Fsp3) is 0.956. The van der Waals surface area contributed by atoms with Crippen LogP contribution in [0.5, 0.6) is 0 Å². The van der Waals surface area contributed by atoms with Crippen molar-refractivity contribution in [1.29, 1.82) is 0 Å². The van der Waals surface area contributed by atoms with Gasteiger partial charge < -0.3 is 74.4 Å². The first-order valence-electron chi connectivity index (χ1n) is 23.4. The molecule has 0 aromatic carbocycles. The van der Waals surface area contributed by atoms with Crippen molar-refractivity contribution in [3.63, 3.8) is 0 Å². The molecule has 348 valence electrons. The van der Waals surface area contributed by atoms with E-state index in [-0.39, 0.29) is 11.5 Å². The molecule has 16 nitrogen and oxygen atoms in total. The SMILES string of the molecule is C[C@H]1CC[C@@H]2[C@@H](C)[C@H]3[C@@H](C[C@@H]4[C@H]5CC=C6C[C@@H](O[C@@H]7O[C@H](CO)[C@@H](O)[C@H](O[C@H]8O[C@@H](CO)[C@@H](O)[C@H](O)[C@H]8O)[C@H]7O[C@@H]7O[C@@H](C)[C@@H](O)[C@@H](O)[C@@H]7O)CC[C@@]6(C)[C@@H]5CC[C@]34C)N2C1. The van der Waals surface area contributed by atoms with Crippen LogP contribution >= 0.6 is 0 Å². The zero-order chi connectivity index (χ0) is 43.4. The number of fused-ring (bicyclic) bond motifs is 9. The van der Waals surface area contributed by atoms with E-state index < -0.39 is 105 Å². The van der Waals surface area contributed by atoms with Crippen molar-refractivity contribution in [2.75, 3.05) is 19.8 Å². The summed E-state index contributed by atoms with van der Waals surface area (Å²) in [6.45, 7) is 11.4. The lowest BCUT2D eigenvalue weighted by atomic mass is 9.47. The molecule has 5 heterocycles. The summed E-state index contributed by atoms with van der Waals surface area (Å²) in [4.78, 5) is 2.94. The highest BCUT2D eigenvalue weighted by Gasteiger charge is 2.66. The van der Waals surface area contributed by atoms with Gasteiger partial charge in [-0.2, -0.15) is 0 Å². The van der Waals surface area contributed by atoms with E-state index in [2.05, 4.69) is 38.7 Å². The largest absolute Gasteiger partial charge is 0.394 e. The summed E-state index contributed by atoms with van der Waals surface area (Å²) in [6, 6.07) is 1.43. The summed E-state index contributed by atoms with van der Waals surface area (Å²) in [5.41, 5.74) is 1.72. The van der Waals surface area contributed by atoms with Crippen LogP contribution < -0.4 is 0 Å². The third-order valence-electron chi connectivity index (χ3n) is 18.0. The normalized spacial score (nSPS) is 57.3. The number of ether oxygens (including phenoxy) is 6. The minimum absolute atomic E-state index is 0.00462. The second kappa shape index (κ2) is 17.1. The molecule has 0 amide bonds. The quantitative estimate of drug-likeness (QED) is 0.148. The molecule has 0 spiro atoms. The molecule has 0 bridgehead atoms. The van der Waals surface area contributed by atoms with Gasteiger partial charge in [-0.1, -0.05) is 39.3 Å².